The van der Waals surface area contributed by atoms with Crippen molar-refractivity contribution < 1.29 is 4.79 Å². The normalized spacial score (nSPS) is 14.0. The Balaban J connectivity index is 2.16. The fourth-order valence-electron chi connectivity index (χ4n) is 1.29. The van der Waals surface area contributed by atoms with E-state index < -0.39 is 11.4 Å². The molecule has 0 saturated heterocycles. The van der Waals surface area contributed by atoms with Crippen LogP contribution < -0.4 is 11.5 Å². The van der Waals surface area contributed by atoms with E-state index in [1.165, 1.54) is 11.8 Å². The number of thioether (sulfide) groups is 1. The summed E-state index contributed by atoms with van der Waals surface area (Å²) in [7, 11) is 0. The Kier molecular flexibility index (Phi) is 3.82. The van der Waals surface area contributed by atoms with Gasteiger partial charge in [0.2, 0.25) is 11.1 Å². The summed E-state index contributed by atoms with van der Waals surface area (Å²) in [4.78, 5) is 11.2. The van der Waals surface area contributed by atoms with Gasteiger partial charge in [0.05, 0.1) is 5.69 Å². The second kappa shape index (κ2) is 5.37. The van der Waals surface area contributed by atoms with E-state index in [0.717, 1.165) is 5.69 Å². The van der Waals surface area contributed by atoms with Gasteiger partial charge in [-0.3, -0.25) is 4.79 Å². The average Bonchev–Trinajstić information content (AvgIpc) is 2.85. The third-order valence-electron chi connectivity index (χ3n) is 2.51. The molecule has 0 bridgehead atoms. The van der Waals surface area contributed by atoms with Crippen molar-refractivity contribution in [2.24, 2.45) is 11.5 Å². The lowest BCUT2D eigenvalue weighted by atomic mass is 10.1. The summed E-state index contributed by atoms with van der Waals surface area (Å²) in [5.74, 6) is -0.256. The van der Waals surface area contributed by atoms with Gasteiger partial charge < -0.3 is 11.5 Å². The van der Waals surface area contributed by atoms with Crippen LogP contribution in [0.2, 0.25) is 0 Å². The van der Waals surface area contributed by atoms with Crippen LogP contribution in [0.4, 0.5) is 0 Å². The minimum Gasteiger partial charge on any atom is -0.368 e. The van der Waals surface area contributed by atoms with Crippen molar-refractivity contribution in [3.63, 3.8) is 0 Å². The predicted molar refractivity (Wildman–Crippen MR) is 71.7 cm³/mol. The lowest BCUT2D eigenvalue weighted by Gasteiger charge is -2.18. The number of benzene rings is 1. The maximum atomic E-state index is 11.2. The van der Waals surface area contributed by atoms with Crippen molar-refractivity contribution in [2.75, 3.05) is 5.75 Å². The zero-order chi connectivity index (χ0) is 13.9. The molecule has 2 rings (SSSR count). The summed E-state index contributed by atoms with van der Waals surface area (Å²) in [5, 5.41) is 12.0. The molecule has 1 atom stereocenters. The second-order valence-corrected chi connectivity index (χ2v) is 5.22. The number of hydrogen-bond acceptors (Lipinski definition) is 6. The number of carbonyl (C=O) groups excluding carboxylic acids is 1. The van der Waals surface area contributed by atoms with Crippen LogP contribution in [0.3, 0.4) is 0 Å². The first kappa shape index (κ1) is 13.5. The molecular formula is C11H14N6OS. The van der Waals surface area contributed by atoms with Gasteiger partial charge in [0.1, 0.15) is 5.54 Å². The van der Waals surface area contributed by atoms with Crippen LogP contribution in [-0.4, -0.2) is 37.4 Å². The number of aromatic nitrogens is 4. The second-order valence-electron chi connectivity index (χ2n) is 4.28. The van der Waals surface area contributed by atoms with Crippen molar-refractivity contribution in [3.8, 4) is 5.69 Å². The van der Waals surface area contributed by atoms with Crippen LogP contribution in [-0.2, 0) is 4.79 Å². The van der Waals surface area contributed by atoms with E-state index in [2.05, 4.69) is 15.5 Å². The fraction of sp³-hybridized carbons (Fsp3) is 0.273. The first-order chi connectivity index (χ1) is 9.00. The van der Waals surface area contributed by atoms with E-state index in [1.807, 2.05) is 30.3 Å². The molecule has 1 amide bonds. The average molecular weight is 278 g/mol. The third kappa shape index (κ3) is 3.09. The van der Waals surface area contributed by atoms with Gasteiger partial charge in [-0.2, -0.15) is 4.68 Å². The molecule has 1 aromatic heterocycles. The first-order valence-corrected chi connectivity index (χ1v) is 6.54. The number of hydrogen-bond donors (Lipinski definition) is 2. The van der Waals surface area contributed by atoms with Crippen molar-refractivity contribution in [1.82, 2.24) is 20.2 Å². The molecule has 0 radical (unpaired) electrons. The molecule has 7 nitrogen and oxygen atoms in total. The van der Waals surface area contributed by atoms with Crippen molar-refractivity contribution in [3.05, 3.63) is 30.3 Å². The Morgan fingerprint density at radius 1 is 1.42 bits per heavy atom. The molecule has 0 saturated carbocycles. The number of carbonyl (C=O) groups is 1. The van der Waals surface area contributed by atoms with Crippen LogP contribution in [0, 0.1) is 0 Å². The molecule has 0 aliphatic heterocycles. The molecule has 4 N–H and O–H groups in total. The molecule has 0 aliphatic rings. The highest BCUT2D eigenvalue weighted by atomic mass is 32.2. The zero-order valence-electron chi connectivity index (χ0n) is 10.4. The number of para-hydroxylation sites is 1. The molecule has 2 aromatic rings. The van der Waals surface area contributed by atoms with Crippen molar-refractivity contribution in [2.45, 2.75) is 17.6 Å². The van der Waals surface area contributed by atoms with Gasteiger partial charge in [-0.05, 0) is 29.5 Å². The van der Waals surface area contributed by atoms with E-state index in [1.54, 1.807) is 11.6 Å². The van der Waals surface area contributed by atoms with Crippen molar-refractivity contribution >= 4 is 17.7 Å². The molecule has 0 spiro atoms. The zero-order valence-corrected chi connectivity index (χ0v) is 11.2. The maximum absolute atomic E-state index is 11.2. The van der Waals surface area contributed by atoms with Gasteiger partial charge in [0.25, 0.3) is 0 Å². The maximum Gasteiger partial charge on any atom is 0.238 e. The Morgan fingerprint density at radius 3 is 2.74 bits per heavy atom. The molecule has 8 heteroatoms. The Hall–Kier alpha value is -1.93. The van der Waals surface area contributed by atoms with Gasteiger partial charge >= 0.3 is 0 Å². The number of rotatable bonds is 5. The standard InChI is InChI=1S/C11H14N6OS/c1-11(13,9(12)18)7-19-10-14-15-16-17(10)8-5-3-2-4-6-8/h2-6H,7,13H2,1H3,(H2,12,18). The number of amides is 1. The van der Waals surface area contributed by atoms with Crippen molar-refractivity contribution in [1.29, 1.82) is 0 Å². The minimum absolute atomic E-state index is 0.301. The molecule has 1 aromatic carbocycles. The smallest absolute Gasteiger partial charge is 0.238 e. The lowest BCUT2D eigenvalue weighted by Crippen LogP contribution is -2.51. The first-order valence-electron chi connectivity index (χ1n) is 5.56. The van der Waals surface area contributed by atoms with Crippen LogP contribution in [0.1, 0.15) is 6.92 Å². The van der Waals surface area contributed by atoms with Crippen LogP contribution >= 0.6 is 11.8 Å². The fourth-order valence-corrected chi connectivity index (χ4v) is 2.22. The topological polar surface area (TPSA) is 113 Å². The molecular weight excluding hydrogens is 264 g/mol. The number of nitrogens with zero attached hydrogens (tertiary/aromatic N) is 4. The minimum atomic E-state index is -1.10. The summed E-state index contributed by atoms with van der Waals surface area (Å²) in [5.41, 5.74) is 10.8. The predicted octanol–water partition coefficient (Wildman–Crippen LogP) is -0.0429. The van der Waals surface area contributed by atoms with E-state index in [4.69, 9.17) is 11.5 Å². The van der Waals surface area contributed by atoms with E-state index >= 15 is 0 Å². The van der Waals surface area contributed by atoms with Crippen LogP contribution in [0.5, 0.6) is 0 Å². The Bertz CT molecular complexity index is 568. The van der Waals surface area contributed by atoms with E-state index in [-0.39, 0.29) is 0 Å². The Morgan fingerprint density at radius 2 is 2.11 bits per heavy atom. The van der Waals surface area contributed by atoms with Gasteiger partial charge in [0, 0.05) is 5.75 Å². The third-order valence-corrected chi connectivity index (χ3v) is 3.76. The summed E-state index contributed by atoms with van der Waals surface area (Å²) >= 11 is 1.28. The van der Waals surface area contributed by atoms with Gasteiger partial charge in [0.15, 0.2) is 0 Å². The molecule has 100 valence electrons. The number of primary amides is 1. The molecule has 19 heavy (non-hydrogen) atoms. The summed E-state index contributed by atoms with van der Waals surface area (Å²) in [6.07, 6.45) is 0. The van der Waals surface area contributed by atoms with Gasteiger partial charge in [-0.15, -0.1) is 5.10 Å². The van der Waals surface area contributed by atoms with E-state index in [9.17, 15) is 4.79 Å². The number of tetrazole rings is 1. The summed E-state index contributed by atoms with van der Waals surface area (Å²) in [6.45, 7) is 1.58. The molecule has 0 aliphatic carbocycles. The monoisotopic (exact) mass is 278 g/mol. The molecule has 1 unspecified atom stereocenters. The van der Waals surface area contributed by atoms with Gasteiger partial charge in [-0.25, -0.2) is 0 Å². The largest absolute Gasteiger partial charge is 0.368 e. The van der Waals surface area contributed by atoms with Crippen LogP contribution in [0.15, 0.2) is 35.5 Å². The van der Waals surface area contributed by atoms with Gasteiger partial charge in [-0.1, -0.05) is 30.0 Å². The van der Waals surface area contributed by atoms with Crippen LogP contribution in [0.25, 0.3) is 5.69 Å². The Labute approximate surface area is 114 Å². The molecule has 0 fully saturated rings. The lowest BCUT2D eigenvalue weighted by molar-refractivity contribution is -0.121. The highest BCUT2D eigenvalue weighted by molar-refractivity contribution is 7.99. The van der Waals surface area contributed by atoms with E-state index in [0.29, 0.717) is 10.9 Å². The SMILES string of the molecule is CC(N)(CSc1nnnn1-c1ccccc1)C(N)=O. The number of nitrogens with two attached hydrogens (primary N) is 2. The highest BCUT2D eigenvalue weighted by Gasteiger charge is 2.27. The highest BCUT2D eigenvalue weighted by Crippen LogP contribution is 2.21. The summed E-state index contributed by atoms with van der Waals surface area (Å²) in [6, 6.07) is 9.46. The summed E-state index contributed by atoms with van der Waals surface area (Å²) < 4.78 is 1.59. The molecule has 1 heterocycles. The quantitative estimate of drug-likeness (QED) is 0.742.